The molecule has 0 aliphatic rings. The van der Waals surface area contributed by atoms with Gasteiger partial charge in [-0.3, -0.25) is 10.2 Å². The van der Waals surface area contributed by atoms with Gasteiger partial charge < -0.3 is 4.74 Å². The second-order valence-corrected chi connectivity index (χ2v) is 4.44. The highest BCUT2D eigenvalue weighted by atomic mass is 32.2. The van der Waals surface area contributed by atoms with Gasteiger partial charge in [0.1, 0.15) is 5.75 Å². The molecule has 5 N–H and O–H groups in total. The van der Waals surface area contributed by atoms with Crippen LogP contribution in [0, 0.1) is 0 Å². The molecule has 88 valence electrons. The quantitative estimate of drug-likeness (QED) is 0.356. The van der Waals surface area contributed by atoms with Gasteiger partial charge in [-0.15, -0.1) is 0 Å². The van der Waals surface area contributed by atoms with Crippen molar-refractivity contribution in [2.45, 2.75) is 4.90 Å². The van der Waals surface area contributed by atoms with Crippen molar-refractivity contribution in [3.63, 3.8) is 0 Å². The Hall–Kier alpha value is -1.64. The number of hydrazine groups is 1. The second kappa shape index (κ2) is 4.47. The average Bonchev–Trinajstić information content (AvgIpc) is 2.25. The van der Waals surface area contributed by atoms with Crippen molar-refractivity contribution in [1.29, 1.82) is 0 Å². The Morgan fingerprint density at radius 3 is 2.50 bits per heavy atom. The van der Waals surface area contributed by atoms with E-state index in [-0.39, 0.29) is 16.2 Å². The zero-order valence-electron chi connectivity index (χ0n) is 8.43. The van der Waals surface area contributed by atoms with Gasteiger partial charge in [-0.05, 0) is 18.2 Å². The molecular formula is C8H11N3O4S. The molecule has 0 atom stereocenters. The van der Waals surface area contributed by atoms with Crippen molar-refractivity contribution in [1.82, 2.24) is 5.43 Å². The Balaban J connectivity index is 3.38. The van der Waals surface area contributed by atoms with Crippen molar-refractivity contribution in [3.05, 3.63) is 23.8 Å². The number of benzene rings is 1. The number of hydrogen-bond donors (Lipinski definition) is 3. The van der Waals surface area contributed by atoms with Gasteiger partial charge in [-0.2, -0.15) is 0 Å². The molecule has 0 aliphatic carbocycles. The number of amides is 1. The number of nitrogens with two attached hydrogens (primary N) is 2. The average molecular weight is 245 g/mol. The molecule has 0 radical (unpaired) electrons. The Morgan fingerprint density at radius 1 is 1.44 bits per heavy atom. The van der Waals surface area contributed by atoms with Crippen LogP contribution in [0.3, 0.4) is 0 Å². The van der Waals surface area contributed by atoms with Gasteiger partial charge in [-0.25, -0.2) is 19.4 Å². The number of sulfonamides is 1. The minimum Gasteiger partial charge on any atom is -0.496 e. The van der Waals surface area contributed by atoms with Crippen LogP contribution in [0.5, 0.6) is 5.75 Å². The van der Waals surface area contributed by atoms with E-state index in [4.69, 9.17) is 15.7 Å². The Labute approximate surface area is 92.4 Å². The molecule has 1 rings (SSSR count). The van der Waals surface area contributed by atoms with Crippen molar-refractivity contribution >= 4 is 15.9 Å². The fourth-order valence-electron chi connectivity index (χ4n) is 1.12. The summed E-state index contributed by atoms with van der Waals surface area (Å²) in [5.74, 6) is 4.49. The summed E-state index contributed by atoms with van der Waals surface area (Å²) in [5.41, 5.74) is 1.88. The number of hydrogen-bond acceptors (Lipinski definition) is 5. The minimum absolute atomic E-state index is 0.00322. The van der Waals surface area contributed by atoms with Crippen LogP contribution in [-0.4, -0.2) is 21.4 Å². The van der Waals surface area contributed by atoms with Gasteiger partial charge >= 0.3 is 0 Å². The maximum atomic E-state index is 11.3. The van der Waals surface area contributed by atoms with Crippen LogP contribution in [0.1, 0.15) is 10.4 Å². The molecular weight excluding hydrogens is 234 g/mol. The summed E-state index contributed by atoms with van der Waals surface area (Å²) in [7, 11) is -2.52. The minimum atomic E-state index is -3.87. The maximum absolute atomic E-state index is 11.3. The highest BCUT2D eigenvalue weighted by Crippen LogP contribution is 2.21. The van der Waals surface area contributed by atoms with Crippen molar-refractivity contribution < 1.29 is 17.9 Å². The lowest BCUT2D eigenvalue weighted by Crippen LogP contribution is -2.30. The van der Waals surface area contributed by atoms with E-state index in [2.05, 4.69) is 0 Å². The highest BCUT2D eigenvalue weighted by molar-refractivity contribution is 7.89. The summed E-state index contributed by atoms with van der Waals surface area (Å²) in [5, 5.41) is 4.93. The number of ether oxygens (including phenoxy) is 1. The van der Waals surface area contributed by atoms with E-state index < -0.39 is 15.9 Å². The lowest BCUT2D eigenvalue weighted by Gasteiger charge is -2.08. The third-order valence-electron chi connectivity index (χ3n) is 1.88. The van der Waals surface area contributed by atoms with Gasteiger partial charge in [-0.1, -0.05) is 0 Å². The molecule has 7 nitrogen and oxygen atoms in total. The fraction of sp³-hybridized carbons (Fsp3) is 0.125. The summed E-state index contributed by atoms with van der Waals surface area (Å²) < 4.78 is 27.0. The topological polar surface area (TPSA) is 125 Å². The van der Waals surface area contributed by atoms with E-state index in [9.17, 15) is 13.2 Å². The Morgan fingerprint density at radius 2 is 2.06 bits per heavy atom. The van der Waals surface area contributed by atoms with E-state index >= 15 is 0 Å². The molecule has 1 aromatic carbocycles. The van der Waals surface area contributed by atoms with E-state index in [1.165, 1.54) is 19.2 Å². The van der Waals surface area contributed by atoms with Crippen LogP contribution in [-0.2, 0) is 10.0 Å². The summed E-state index contributed by atoms with van der Waals surface area (Å²) >= 11 is 0. The predicted molar refractivity (Wildman–Crippen MR) is 56.0 cm³/mol. The van der Waals surface area contributed by atoms with Gasteiger partial charge in [0.05, 0.1) is 17.6 Å². The predicted octanol–water partition coefficient (Wildman–Crippen LogP) is -1.05. The molecule has 1 amide bonds. The number of rotatable bonds is 3. The SMILES string of the molecule is COc1ccc(S(N)(=O)=O)cc1C(=O)NN. The summed E-state index contributed by atoms with van der Waals surface area (Å²) in [4.78, 5) is 11.1. The van der Waals surface area contributed by atoms with Gasteiger partial charge in [0.2, 0.25) is 10.0 Å². The molecule has 16 heavy (non-hydrogen) atoms. The molecule has 0 saturated carbocycles. The molecule has 1 aromatic rings. The van der Waals surface area contributed by atoms with Crippen LogP contribution >= 0.6 is 0 Å². The van der Waals surface area contributed by atoms with Gasteiger partial charge in [0.25, 0.3) is 5.91 Å². The lowest BCUT2D eigenvalue weighted by atomic mass is 10.2. The highest BCUT2D eigenvalue weighted by Gasteiger charge is 2.16. The first-order valence-electron chi connectivity index (χ1n) is 4.12. The smallest absolute Gasteiger partial charge is 0.268 e. The molecule has 0 fully saturated rings. The maximum Gasteiger partial charge on any atom is 0.268 e. The Bertz CT molecular complexity index is 512. The monoisotopic (exact) mass is 245 g/mol. The third-order valence-corrected chi connectivity index (χ3v) is 2.79. The largest absolute Gasteiger partial charge is 0.496 e. The van der Waals surface area contributed by atoms with E-state index in [1.807, 2.05) is 5.43 Å². The normalized spacial score (nSPS) is 10.9. The lowest BCUT2D eigenvalue weighted by molar-refractivity contribution is 0.0950. The van der Waals surface area contributed by atoms with E-state index in [0.717, 1.165) is 6.07 Å². The zero-order chi connectivity index (χ0) is 12.3. The Kier molecular flexibility index (Phi) is 3.48. The van der Waals surface area contributed by atoms with E-state index in [1.54, 1.807) is 0 Å². The molecule has 0 unspecified atom stereocenters. The van der Waals surface area contributed by atoms with Gasteiger partial charge in [0, 0.05) is 0 Å². The molecule has 0 saturated heterocycles. The van der Waals surface area contributed by atoms with Crippen molar-refractivity contribution in [2.75, 3.05) is 7.11 Å². The number of carbonyl (C=O) groups excluding carboxylic acids is 1. The molecule has 0 bridgehead atoms. The van der Waals surface area contributed by atoms with Gasteiger partial charge in [0.15, 0.2) is 0 Å². The van der Waals surface area contributed by atoms with Crippen LogP contribution in [0.25, 0.3) is 0 Å². The number of carbonyl (C=O) groups is 1. The summed E-state index contributed by atoms with van der Waals surface area (Å²) in [6.07, 6.45) is 0. The van der Waals surface area contributed by atoms with Crippen LogP contribution < -0.4 is 21.1 Å². The molecule has 8 heteroatoms. The first-order valence-corrected chi connectivity index (χ1v) is 5.66. The second-order valence-electron chi connectivity index (χ2n) is 2.88. The number of methoxy groups -OCH3 is 1. The third kappa shape index (κ3) is 2.48. The van der Waals surface area contributed by atoms with Crippen LogP contribution in [0.15, 0.2) is 23.1 Å². The summed E-state index contributed by atoms with van der Waals surface area (Å²) in [6, 6.07) is 3.65. The first-order chi connectivity index (χ1) is 7.40. The molecule has 0 aliphatic heterocycles. The number of nitrogens with one attached hydrogen (secondary N) is 1. The fourth-order valence-corrected chi connectivity index (χ4v) is 1.66. The van der Waals surface area contributed by atoms with E-state index in [0.29, 0.717) is 0 Å². The summed E-state index contributed by atoms with van der Waals surface area (Å²) in [6.45, 7) is 0. The van der Waals surface area contributed by atoms with Crippen LogP contribution in [0.2, 0.25) is 0 Å². The van der Waals surface area contributed by atoms with Crippen LogP contribution in [0.4, 0.5) is 0 Å². The van der Waals surface area contributed by atoms with Crippen molar-refractivity contribution in [3.8, 4) is 5.75 Å². The molecule has 0 spiro atoms. The van der Waals surface area contributed by atoms with Crippen molar-refractivity contribution in [2.24, 2.45) is 11.0 Å². The number of nitrogen functional groups attached to an aromatic ring is 1. The standard InChI is InChI=1S/C8H11N3O4S/c1-15-7-3-2-5(16(10,13)14)4-6(7)8(12)11-9/h2-4H,9H2,1H3,(H,11,12)(H2,10,13,14). The zero-order valence-corrected chi connectivity index (χ0v) is 9.24. The number of primary sulfonamides is 1. The first kappa shape index (κ1) is 12.4. The molecule has 0 heterocycles. The molecule has 0 aromatic heterocycles.